The largest absolute Gasteiger partial charge is 0.481 e. The lowest BCUT2D eigenvalue weighted by Gasteiger charge is -2.31. The summed E-state index contributed by atoms with van der Waals surface area (Å²) in [6, 6.07) is 18.4. The molecule has 1 fully saturated rings. The Morgan fingerprint density at radius 3 is 2.22 bits per heavy atom. The molecule has 192 valence electrons. The minimum Gasteiger partial charge on any atom is -0.481 e. The molecule has 37 heavy (non-hydrogen) atoms. The number of carbonyl (C=O) groups is 3. The number of carbonyl (C=O) groups excluding carboxylic acids is 2. The molecule has 4 rings (SSSR count). The number of hydrogen-bond acceptors (Lipinski definition) is 4. The van der Waals surface area contributed by atoms with Gasteiger partial charge in [-0.2, -0.15) is 0 Å². The van der Waals surface area contributed by atoms with Crippen LogP contribution in [0.4, 0.5) is 0 Å². The van der Waals surface area contributed by atoms with Gasteiger partial charge in [-0.1, -0.05) is 36.4 Å². The van der Waals surface area contributed by atoms with E-state index >= 15 is 0 Å². The molecule has 2 heterocycles. The fourth-order valence-electron chi connectivity index (χ4n) is 5.07. The van der Waals surface area contributed by atoms with E-state index in [0.29, 0.717) is 37.1 Å². The number of ketones is 1. The average molecular weight is 501 g/mol. The summed E-state index contributed by atoms with van der Waals surface area (Å²) >= 11 is 0. The van der Waals surface area contributed by atoms with Gasteiger partial charge in [0, 0.05) is 62.3 Å². The van der Waals surface area contributed by atoms with Crippen molar-refractivity contribution in [2.24, 2.45) is 13.0 Å². The number of carboxylic acids is 1. The Hall–Kier alpha value is -4.00. The van der Waals surface area contributed by atoms with Crippen molar-refractivity contribution >= 4 is 17.7 Å². The zero-order valence-corrected chi connectivity index (χ0v) is 21.2. The molecule has 1 saturated heterocycles. The maximum absolute atomic E-state index is 13.2. The highest BCUT2D eigenvalue weighted by atomic mass is 16.4. The quantitative estimate of drug-likeness (QED) is 0.462. The Balaban J connectivity index is 1.54. The summed E-state index contributed by atoms with van der Waals surface area (Å²) < 4.78 is 1.40. The standard InChI is InChI=1S/C30H32N2O5/c1-20-5-3-4-6-25(20)26(18-27(33)24-11-12-28(34)31(2)19-24)22-7-9-23(10-8-22)30(37)32-15-13-21(14-16-32)17-29(35)36/h3-12,19,21,26H,13-18H2,1-2H3,(H,35,36). The van der Waals surface area contributed by atoms with Gasteiger partial charge in [-0.15, -0.1) is 0 Å². The molecule has 2 aromatic carbocycles. The van der Waals surface area contributed by atoms with Crippen LogP contribution >= 0.6 is 0 Å². The van der Waals surface area contributed by atoms with Crippen LogP contribution in [0.2, 0.25) is 0 Å². The van der Waals surface area contributed by atoms with Gasteiger partial charge < -0.3 is 14.6 Å². The summed E-state index contributed by atoms with van der Waals surface area (Å²) in [5.41, 5.74) is 3.94. The lowest BCUT2D eigenvalue weighted by molar-refractivity contribution is -0.138. The molecule has 1 aliphatic heterocycles. The van der Waals surface area contributed by atoms with Gasteiger partial charge in [0.25, 0.3) is 5.91 Å². The number of piperidine rings is 1. The van der Waals surface area contributed by atoms with Crippen molar-refractivity contribution in [1.29, 1.82) is 0 Å². The zero-order valence-electron chi connectivity index (χ0n) is 21.2. The summed E-state index contributed by atoms with van der Waals surface area (Å²) in [4.78, 5) is 50.8. The van der Waals surface area contributed by atoms with Crippen LogP contribution in [-0.2, 0) is 11.8 Å². The molecule has 1 atom stereocenters. The first-order valence-corrected chi connectivity index (χ1v) is 12.6. The molecule has 3 aromatic rings. The molecule has 7 nitrogen and oxygen atoms in total. The van der Waals surface area contributed by atoms with Crippen molar-refractivity contribution in [1.82, 2.24) is 9.47 Å². The van der Waals surface area contributed by atoms with Gasteiger partial charge in [0.2, 0.25) is 5.56 Å². The van der Waals surface area contributed by atoms with Gasteiger partial charge in [-0.3, -0.25) is 19.2 Å². The maximum Gasteiger partial charge on any atom is 0.303 e. The second kappa shape index (κ2) is 11.4. The van der Waals surface area contributed by atoms with E-state index in [9.17, 15) is 19.2 Å². The fourth-order valence-corrected chi connectivity index (χ4v) is 5.07. The third kappa shape index (κ3) is 6.23. The number of hydrogen-bond donors (Lipinski definition) is 1. The number of likely N-dealkylation sites (tertiary alicyclic amines) is 1. The minimum absolute atomic E-state index is 0.0611. The van der Waals surface area contributed by atoms with E-state index in [0.717, 1.165) is 16.7 Å². The molecule has 0 spiro atoms. The topological polar surface area (TPSA) is 96.7 Å². The Kier molecular flexibility index (Phi) is 8.01. The first kappa shape index (κ1) is 26.1. The van der Waals surface area contributed by atoms with Crippen molar-refractivity contribution in [2.45, 2.75) is 38.5 Å². The minimum atomic E-state index is -0.793. The maximum atomic E-state index is 13.2. The highest BCUT2D eigenvalue weighted by Gasteiger charge is 2.26. The monoisotopic (exact) mass is 500 g/mol. The third-order valence-electron chi connectivity index (χ3n) is 7.29. The Labute approximate surface area is 216 Å². The molecule has 1 aliphatic rings. The molecular formula is C30H32N2O5. The van der Waals surface area contributed by atoms with Gasteiger partial charge in [-0.05, 0) is 60.6 Å². The SMILES string of the molecule is Cc1ccccc1C(CC(=O)c1ccc(=O)n(C)c1)c1ccc(C(=O)N2CCC(CC(=O)O)CC2)cc1. The summed E-state index contributed by atoms with van der Waals surface area (Å²) in [6.07, 6.45) is 3.33. The number of amides is 1. The van der Waals surface area contributed by atoms with Crippen molar-refractivity contribution < 1.29 is 19.5 Å². The number of benzene rings is 2. The van der Waals surface area contributed by atoms with Gasteiger partial charge in [-0.25, -0.2) is 0 Å². The summed E-state index contributed by atoms with van der Waals surface area (Å²) in [5.74, 6) is -1.01. The van der Waals surface area contributed by atoms with Crippen LogP contribution in [0.15, 0.2) is 71.7 Å². The number of pyridine rings is 1. The van der Waals surface area contributed by atoms with E-state index in [-0.39, 0.29) is 41.9 Å². The van der Waals surface area contributed by atoms with E-state index < -0.39 is 5.97 Å². The van der Waals surface area contributed by atoms with Crippen LogP contribution in [0.1, 0.15) is 69.0 Å². The van der Waals surface area contributed by atoms with Crippen LogP contribution in [-0.4, -0.2) is 45.3 Å². The van der Waals surface area contributed by atoms with Gasteiger partial charge in [0.05, 0.1) is 0 Å². The molecule has 0 bridgehead atoms. The van der Waals surface area contributed by atoms with Crippen LogP contribution in [0.25, 0.3) is 0 Å². The van der Waals surface area contributed by atoms with E-state index in [4.69, 9.17) is 5.11 Å². The lowest BCUT2D eigenvalue weighted by Crippen LogP contribution is -2.38. The summed E-state index contributed by atoms with van der Waals surface area (Å²) in [6.45, 7) is 3.13. The van der Waals surface area contributed by atoms with Crippen molar-refractivity contribution in [2.75, 3.05) is 13.1 Å². The Morgan fingerprint density at radius 1 is 0.946 bits per heavy atom. The predicted octanol–water partition coefficient (Wildman–Crippen LogP) is 4.43. The van der Waals surface area contributed by atoms with Gasteiger partial charge >= 0.3 is 5.97 Å². The van der Waals surface area contributed by atoms with Crippen molar-refractivity contribution in [3.8, 4) is 0 Å². The van der Waals surface area contributed by atoms with E-state index in [2.05, 4.69) is 0 Å². The zero-order chi connectivity index (χ0) is 26.5. The molecule has 0 radical (unpaired) electrons. The highest BCUT2D eigenvalue weighted by molar-refractivity contribution is 5.97. The second-order valence-corrected chi connectivity index (χ2v) is 9.86. The molecule has 1 aromatic heterocycles. The van der Waals surface area contributed by atoms with Gasteiger partial charge in [0.15, 0.2) is 5.78 Å². The van der Waals surface area contributed by atoms with Crippen LogP contribution < -0.4 is 5.56 Å². The van der Waals surface area contributed by atoms with Crippen LogP contribution in [0.5, 0.6) is 0 Å². The smallest absolute Gasteiger partial charge is 0.303 e. The Morgan fingerprint density at radius 2 is 1.59 bits per heavy atom. The number of aryl methyl sites for hydroxylation is 2. The number of aliphatic carboxylic acids is 1. The number of aromatic nitrogens is 1. The van der Waals surface area contributed by atoms with Crippen LogP contribution in [0.3, 0.4) is 0 Å². The fraction of sp³-hybridized carbons (Fsp3) is 0.333. The summed E-state index contributed by atoms with van der Waals surface area (Å²) in [7, 11) is 1.63. The van der Waals surface area contributed by atoms with E-state index in [1.165, 1.54) is 10.6 Å². The highest BCUT2D eigenvalue weighted by Crippen LogP contribution is 2.32. The first-order valence-electron chi connectivity index (χ1n) is 12.6. The number of carboxylic acid groups (broad SMARTS) is 1. The second-order valence-electron chi connectivity index (χ2n) is 9.86. The average Bonchev–Trinajstić information content (AvgIpc) is 2.89. The van der Waals surface area contributed by atoms with Crippen molar-refractivity contribution in [3.05, 3.63) is 105 Å². The van der Waals surface area contributed by atoms with Crippen LogP contribution in [0, 0.1) is 12.8 Å². The van der Waals surface area contributed by atoms with Crippen molar-refractivity contribution in [3.63, 3.8) is 0 Å². The van der Waals surface area contributed by atoms with E-state index in [1.807, 2.05) is 55.5 Å². The third-order valence-corrected chi connectivity index (χ3v) is 7.29. The molecular weight excluding hydrogens is 468 g/mol. The molecule has 1 amide bonds. The normalized spacial score (nSPS) is 14.8. The lowest BCUT2D eigenvalue weighted by atomic mass is 9.83. The number of rotatable bonds is 8. The molecule has 1 N–H and O–H groups in total. The Bertz CT molecular complexity index is 1350. The molecule has 1 unspecified atom stereocenters. The molecule has 0 saturated carbocycles. The molecule has 0 aliphatic carbocycles. The predicted molar refractivity (Wildman–Crippen MR) is 141 cm³/mol. The van der Waals surface area contributed by atoms with E-state index in [1.54, 1.807) is 24.2 Å². The number of Topliss-reactive ketones (excluding diaryl/α,β-unsaturated/α-hetero) is 1. The first-order chi connectivity index (χ1) is 17.7. The summed E-state index contributed by atoms with van der Waals surface area (Å²) in [5, 5.41) is 9.02. The van der Waals surface area contributed by atoms with Gasteiger partial charge in [0.1, 0.15) is 0 Å². The number of nitrogens with zero attached hydrogens (tertiary/aromatic N) is 2. The molecule has 7 heteroatoms.